The smallest absolute Gasteiger partial charge is 0.330 e. The van der Waals surface area contributed by atoms with Crippen molar-refractivity contribution in [2.75, 3.05) is 6.61 Å². The molecule has 0 bridgehead atoms. The fourth-order valence-electron chi connectivity index (χ4n) is 2.23. The van der Waals surface area contributed by atoms with Crippen molar-refractivity contribution < 1.29 is 28.2 Å². The minimum absolute atomic E-state index is 0.00891. The van der Waals surface area contributed by atoms with Crippen molar-refractivity contribution in [1.29, 1.82) is 0 Å². The fourth-order valence-corrected chi connectivity index (χ4v) is 2.55. The third-order valence-corrected chi connectivity index (χ3v) is 3.78. The van der Waals surface area contributed by atoms with Crippen molar-refractivity contribution in [3.63, 3.8) is 0 Å². The molecule has 1 aromatic heterocycles. The van der Waals surface area contributed by atoms with Crippen molar-refractivity contribution in [3.8, 4) is 0 Å². The lowest BCUT2D eigenvalue weighted by molar-refractivity contribution is -0.156. The van der Waals surface area contributed by atoms with Crippen LogP contribution >= 0.6 is 15.9 Å². The van der Waals surface area contributed by atoms with E-state index in [0.29, 0.717) is 0 Å². The predicted octanol–water partition coefficient (Wildman–Crippen LogP) is 0.0294. The first-order valence-electron chi connectivity index (χ1n) is 6.81. The SMILES string of the molecule is CC(=O)OC[C@@H]1O[C@H](n2cc(Br)c(=O)[nH]c2=O)C(F)C1OC(C)=O. The number of aromatic nitrogens is 2. The first-order chi connectivity index (χ1) is 11.2. The van der Waals surface area contributed by atoms with Crippen LogP contribution in [0.15, 0.2) is 20.3 Å². The fraction of sp³-hybridized carbons (Fsp3) is 0.538. The third kappa shape index (κ3) is 3.90. The number of halogens is 2. The van der Waals surface area contributed by atoms with Crippen LogP contribution in [0.2, 0.25) is 0 Å². The van der Waals surface area contributed by atoms with Crippen LogP contribution in [0.1, 0.15) is 20.1 Å². The van der Waals surface area contributed by atoms with E-state index in [1.165, 1.54) is 0 Å². The summed E-state index contributed by atoms with van der Waals surface area (Å²) in [6, 6.07) is 0. The van der Waals surface area contributed by atoms with Crippen LogP contribution in [0, 0.1) is 0 Å². The number of hydrogen-bond acceptors (Lipinski definition) is 7. The van der Waals surface area contributed by atoms with Gasteiger partial charge in [0.1, 0.15) is 12.7 Å². The summed E-state index contributed by atoms with van der Waals surface area (Å²) < 4.78 is 30.5. The van der Waals surface area contributed by atoms with Gasteiger partial charge in [-0.2, -0.15) is 0 Å². The number of alkyl halides is 1. The van der Waals surface area contributed by atoms with Crippen molar-refractivity contribution in [2.45, 2.75) is 38.5 Å². The number of nitrogens with zero attached hydrogens (tertiary/aromatic N) is 1. The molecule has 1 N–H and O–H groups in total. The Bertz CT molecular complexity index is 761. The molecular weight excluding hydrogens is 395 g/mol. The Hall–Kier alpha value is -2.01. The standard InChI is InChI=1S/C13H14BrFN2O7/c1-5(18)22-4-8-10(23-6(2)19)9(15)12(24-8)17-3-7(14)11(20)16-13(17)21/h3,8-10,12H,4H2,1-2H3,(H,16,20,21)/t8-,9?,10?,12-/m0/s1. The minimum Gasteiger partial charge on any atom is -0.463 e. The van der Waals surface area contributed by atoms with Crippen molar-refractivity contribution in [3.05, 3.63) is 31.5 Å². The van der Waals surface area contributed by atoms with E-state index < -0.39 is 47.8 Å². The molecule has 1 aliphatic rings. The van der Waals surface area contributed by atoms with Gasteiger partial charge in [-0.15, -0.1) is 0 Å². The normalized spacial score (nSPS) is 26.2. The van der Waals surface area contributed by atoms with E-state index in [0.717, 1.165) is 24.6 Å². The van der Waals surface area contributed by atoms with Crippen molar-refractivity contribution >= 4 is 27.9 Å². The van der Waals surface area contributed by atoms with Gasteiger partial charge in [-0.1, -0.05) is 0 Å². The molecule has 2 unspecified atom stereocenters. The molecule has 9 nitrogen and oxygen atoms in total. The molecule has 1 saturated heterocycles. The summed E-state index contributed by atoms with van der Waals surface area (Å²) in [6.07, 6.45) is -4.78. The molecule has 132 valence electrons. The predicted molar refractivity (Wildman–Crippen MR) is 80.0 cm³/mol. The molecule has 2 heterocycles. The number of carbonyl (C=O) groups is 2. The Kier molecular flexibility index (Phi) is 5.54. The van der Waals surface area contributed by atoms with Gasteiger partial charge in [0, 0.05) is 20.0 Å². The second-order valence-electron chi connectivity index (χ2n) is 5.03. The van der Waals surface area contributed by atoms with Crippen LogP contribution < -0.4 is 11.2 Å². The molecule has 0 aromatic carbocycles. The molecule has 11 heteroatoms. The summed E-state index contributed by atoms with van der Waals surface area (Å²) in [6.45, 7) is 1.89. The van der Waals surface area contributed by atoms with E-state index in [9.17, 15) is 23.6 Å². The molecule has 1 aromatic rings. The summed E-state index contributed by atoms with van der Waals surface area (Å²) in [4.78, 5) is 47.3. The average Bonchev–Trinajstić information content (AvgIpc) is 2.77. The zero-order valence-corrected chi connectivity index (χ0v) is 14.2. The minimum atomic E-state index is -1.91. The first-order valence-corrected chi connectivity index (χ1v) is 7.61. The monoisotopic (exact) mass is 408 g/mol. The molecule has 0 spiro atoms. The van der Waals surface area contributed by atoms with Gasteiger partial charge in [0.05, 0.1) is 4.47 Å². The molecule has 4 atom stereocenters. The Morgan fingerprint density at radius 2 is 2.04 bits per heavy atom. The lowest BCUT2D eigenvalue weighted by atomic mass is 10.1. The Labute approximate surface area is 142 Å². The molecule has 0 radical (unpaired) electrons. The van der Waals surface area contributed by atoms with Crippen molar-refractivity contribution in [2.24, 2.45) is 0 Å². The summed E-state index contributed by atoms with van der Waals surface area (Å²) in [5.41, 5.74) is -1.58. The van der Waals surface area contributed by atoms with E-state index in [1.54, 1.807) is 0 Å². The van der Waals surface area contributed by atoms with Crippen LogP contribution in [0.4, 0.5) is 4.39 Å². The second kappa shape index (κ2) is 7.26. The van der Waals surface area contributed by atoms with Crippen LogP contribution in [0.5, 0.6) is 0 Å². The van der Waals surface area contributed by atoms with Crippen LogP contribution in [0.25, 0.3) is 0 Å². The molecular formula is C13H14BrFN2O7. The average molecular weight is 409 g/mol. The van der Waals surface area contributed by atoms with E-state index in [-0.39, 0.29) is 11.1 Å². The zero-order valence-electron chi connectivity index (χ0n) is 12.7. The maximum Gasteiger partial charge on any atom is 0.330 e. The Morgan fingerprint density at radius 3 is 2.62 bits per heavy atom. The largest absolute Gasteiger partial charge is 0.463 e. The van der Waals surface area contributed by atoms with E-state index >= 15 is 0 Å². The maximum atomic E-state index is 14.7. The van der Waals surface area contributed by atoms with E-state index in [2.05, 4.69) is 15.9 Å². The number of nitrogens with one attached hydrogen (secondary N) is 1. The number of carbonyl (C=O) groups excluding carboxylic acids is 2. The quantitative estimate of drug-likeness (QED) is 0.698. The van der Waals surface area contributed by atoms with Crippen LogP contribution in [0.3, 0.4) is 0 Å². The highest BCUT2D eigenvalue weighted by Crippen LogP contribution is 2.33. The topological polar surface area (TPSA) is 117 Å². The lowest BCUT2D eigenvalue weighted by Crippen LogP contribution is -2.38. The highest BCUT2D eigenvalue weighted by molar-refractivity contribution is 9.10. The molecule has 0 aliphatic carbocycles. The molecule has 2 rings (SSSR count). The summed E-state index contributed by atoms with van der Waals surface area (Å²) in [7, 11) is 0. The van der Waals surface area contributed by atoms with Crippen molar-refractivity contribution in [1.82, 2.24) is 9.55 Å². The number of rotatable bonds is 4. The highest BCUT2D eigenvalue weighted by atomic mass is 79.9. The van der Waals surface area contributed by atoms with Gasteiger partial charge in [0.15, 0.2) is 18.5 Å². The Morgan fingerprint density at radius 1 is 1.38 bits per heavy atom. The van der Waals surface area contributed by atoms with Crippen LogP contribution in [-0.2, 0) is 23.8 Å². The molecule has 1 aliphatic heterocycles. The number of ether oxygens (including phenoxy) is 3. The summed E-state index contributed by atoms with van der Waals surface area (Å²) >= 11 is 2.93. The second-order valence-corrected chi connectivity index (χ2v) is 5.88. The van der Waals surface area contributed by atoms with Crippen LogP contribution in [-0.4, -0.2) is 46.5 Å². The summed E-state index contributed by atoms with van der Waals surface area (Å²) in [5.74, 6) is -1.38. The molecule has 1 fully saturated rings. The highest BCUT2D eigenvalue weighted by Gasteiger charge is 2.49. The Balaban J connectivity index is 2.33. The first kappa shape index (κ1) is 18.3. The van der Waals surface area contributed by atoms with E-state index in [1.807, 2.05) is 4.98 Å². The van der Waals surface area contributed by atoms with Gasteiger partial charge in [0.25, 0.3) is 5.56 Å². The zero-order chi connectivity index (χ0) is 18.0. The van der Waals surface area contributed by atoms with Gasteiger partial charge >= 0.3 is 17.6 Å². The number of H-pyrrole nitrogens is 1. The van der Waals surface area contributed by atoms with Gasteiger partial charge in [-0.05, 0) is 15.9 Å². The van der Waals surface area contributed by atoms with Gasteiger partial charge in [-0.3, -0.25) is 23.9 Å². The van der Waals surface area contributed by atoms with Gasteiger partial charge < -0.3 is 14.2 Å². The molecule has 24 heavy (non-hydrogen) atoms. The number of hydrogen-bond donors (Lipinski definition) is 1. The molecule has 0 amide bonds. The van der Waals surface area contributed by atoms with Gasteiger partial charge in [0.2, 0.25) is 0 Å². The molecule has 0 saturated carbocycles. The summed E-state index contributed by atoms with van der Waals surface area (Å²) in [5, 5.41) is 0. The lowest BCUT2D eigenvalue weighted by Gasteiger charge is -2.18. The van der Waals surface area contributed by atoms with Gasteiger partial charge in [-0.25, -0.2) is 9.18 Å². The maximum absolute atomic E-state index is 14.7. The number of esters is 2. The number of aromatic amines is 1. The van der Waals surface area contributed by atoms with E-state index in [4.69, 9.17) is 14.2 Å². The third-order valence-electron chi connectivity index (χ3n) is 3.22.